The molecule has 3 N–H and O–H groups in total. The van der Waals surface area contributed by atoms with Crippen molar-refractivity contribution in [3.63, 3.8) is 0 Å². The second kappa shape index (κ2) is 8.95. The largest absolute Gasteiger partial charge is 0.351 e. The highest BCUT2D eigenvalue weighted by Crippen LogP contribution is 2.22. The van der Waals surface area contributed by atoms with E-state index < -0.39 is 41.3 Å². The molecule has 1 heterocycles. The number of nitrogens with zero attached hydrogens (tertiary/aromatic N) is 2. The first kappa shape index (κ1) is 21.3. The maximum Gasteiger partial charge on any atom is 0.263 e. The molecule has 1 saturated heterocycles. The molecule has 0 aromatic heterocycles. The Kier molecular flexibility index (Phi) is 6.36. The van der Waals surface area contributed by atoms with E-state index in [2.05, 4.69) is 5.32 Å². The Hall–Kier alpha value is -3.40. The molecule has 1 aliphatic heterocycles. The molecule has 0 aliphatic carbocycles. The van der Waals surface area contributed by atoms with Crippen LogP contribution in [0.25, 0.3) is 0 Å². The summed E-state index contributed by atoms with van der Waals surface area (Å²) >= 11 is 0. The van der Waals surface area contributed by atoms with Crippen molar-refractivity contribution in [1.82, 2.24) is 15.1 Å². The van der Waals surface area contributed by atoms with Crippen LogP contribution in [-0.2, 0) is 4.79 Å². The monoisotopic (exact) mass is 420 g/mol. The van der Waals surface area contributed by atoms with Crippen LogP contribution in [0.2, 0.25) is 0 Å². The maximum atomic E-state index is 13.6. The highest BCUT2D eigenvalue weighted by molar-refractivity contribution is 6.02. The number of rotatable bonds is 5. The normalized spacial score (nSPS) is 15.9. The SMILES string of the molecule is NCCNC(=O)C1N(C(=O)c2cccc(F)c2)CCN1C(=O)c1ccc(F)c(F)c1. The van der Waals surface area contributed by atoms with Crippen molar-refractivity contribution in [3.8, 4) is 0 Å². The molecule has 0 saturated carbocycles. The minimum absolute atomic E-state index is 0.00810. The Morgan fingerprint density at radius 3 is 2.13 bits per heavy atom. The summed E-state index contributed by atoms with van der Waals surface area (Å²) in [6.45, 7) is 0.197. The Morgan fingerprint density at radius 2 is 1.57 bits per heavy atom. The third-order valence-electron chi connectivity index (χ3n) is 4.61. The zero-order valence-electron chi connectivity index (χ0n) is 15.8. The molecule has 3 amide bonds. The van der Waals surface area contributed by atoms with Gasteiger partial charge < -0.3 is 20.9 Å². The third-order valence-corrected chi connectivity index (χ3v) is 4.61. The predicted molar refractivity (Wildman–Crippen MR) is 101 cm³/mol. The van der Waals surface area contributed by atoms with Gasteiger partial charge in [-0.15, -0.1) is 0 Å². The summed E-state index contributed by atoms with van der Waals surface area (Å²) in [5.41, 5.74) is 5.23. The lowest BCUT2D eigenvalue weighted by molar-refractivity contribution is -0.128. The van der Waals surface area contributed by atoms with Crippen molar-refractivity contribution in [2.45, 2.75) is 6.17 Å². The van der Waals surface area contributed by atoms with Gasteiger partial charge in [0, 0.05) is 37.3 Å². The first-order valence-electron chi connectivity index (χ1n) is 9.14. The summed E-state index contributed by atoms with van der Waals surface area (Å²) in [6.07, 6.45) is -1.35. The van der Waals surface area contributed by atoms with E-state index in [4.69, 9.17) is 5.73 Å². The van der Waals surface area contributed by atoms with Gasteiger partial charge in [0.1, 0.15) is 5.82 Å². The zero-order valence-corrected chi connectivity index (χ0v) is 15.8. The Morgan fingerprint density at radius 1 is 0.933 bits per heavy atom. The molecule has 0 spiro atoms. The fourth-order valence-corrected chi connectivity index (χ4v) is 3.21. The van der Waals surface area contributed by atoms with Gasteiger partial charge in [0.2, 0.25) is 0 Å². The topological polar surface area (TPSA) is 95.7 Å². The smallest absolute Gasteiger partial charge is 0.263 e. The number of benzene rings is 2. The molecule has 1 fully saturated rings. The molecule has 30 heavy (non-hydrogen) atoms. The molecule has 10 heteroatoms. The molecular weight excluding hydrogens is 401 g/mol. The van der Waals surface area contributed by atoms with Crippen LogP contribution in [0.15, 0.2) is 42.5 Å². The molecule has 0 bridgehead atoms. The zero-order chi connectivity index (χ0) is 21.8. The van der Waals surface area contributed by atoms with Crippen LogP contribution in [0.5, 0.6) is 0 Å². The quantitative estimate of drug-likeness (QED) is 0.758. The van der Waals surface area contributed by atoms with Crippen LogP contribution in [0, 0.1) is 17.5 Å². The van der Waals surface area contributed by atoms with Gasteiger partial charge in [-0.05, 0) is 36.4 Å². The van der Waals surface area contributed by atoms with Crippen LogP contribution < -0.4 is 11.1 Å². The summed E-state index contributed by atoms with van der Waals surface area (Å²) in [4.78, 5) is 40.7. The van der Waals surface area contributed by atoms with Crippen molar-refractivity contribution >= 4 is 17.7 Å². The van der Waals surface area contributed by atoms with Crippen molar-refractivity contribution in [1.29, 1.82) is 0 Å². The Balaban J connectivity index is 1.92. The predicted octanol–water partition coefficient (Wildman–Crippen LogP) is 1.10. The molecule has 2 aromatic rings. The summed E-state index contributed by atoms with van der Waals surface area (Å²) in [7, 11) is 0. The van der Waals surface area contributed by atoms with Gasteiger partial charge in [-0.3, -0.25) is 14.4 Å². The van der Waals surface area contributed by atoms with Crippen LogP contribution in [0.4, 0.5) is 13.2 Å². The van der Waals surface area contributed by atoms with E-state index in [1.807, 2.05) is 0 Å². The number of amides is 3. The van der Waals surface area contributed by atoms with E-state index in [9.17, 15) is 27.6 Å². The number of carbonyl (C=O) groups is 3. The van der Waals surface area contributed by atoms with Gasteiger partial charge in [-0.25, -0.2) is 13.2 Å². The van der Waals surface area contributed by atoms with E-state index in [1.165, 1.54) is 18.2 Å². The Labute approximate surface area is 170 Å². The van der Waals surface area contributed by atoms with Crippen LogP contribution in [0.3, 0.4) is 0 Å². The van der Waals surface area contributed by atoms with Gasteiger partial charge >= 0.3 is 0 Å². The second-order valence-corrected chi connectivity index (χ2v) is 6.59. The fraction of sp³-hybridized carbons (Fsp3) is 0.250. The Bertz CT molecular complexity index is 986. The lowest BCUT2D eigenvalue weighted by atomic mass is 10.1. The first-order valence-corrected chi connectivity index (χ1v) is 9.14. The van der Waals surface area contributed by atoms with Crippen molar-refractivity contribution in [2.75, 3.05) is 26.2 Å². The number of carbonyl (C=O) groups excluding carboxylic acids is 3. The number of hydrogen-bond acceptors (Lipinski definition) is 4. The molecule has 0 radical (unpaired) electrons. The van der Waals surface area contributed by atoms with Gasteiger partial charge in [0.25, 0.3) is 17.7 Å². The minimum atomic E-state index is -1.35. The summed E-state index contributed by atoms with van der Waals surface area (Å²) in [6, 6.07) is 7.56. The molecule has 1 aliphatic rings. The van der Waals surface area contributed by atoms with Gasteiger partial charge in [-0.2, -0.15) is 0 Å². The summed E-state index contributed by atoms with van der Waals surface area (Å²) < 4.78 is 40.3. The average Bonchev–Trinajstić information content (AvgIpc) is 3.18. The molecule has 3 rings (SSSR count). The molecule has 1 atom stereocenters. The number of hydrogen-bond donors (Lipinski definition) is 2. The van der Waals surface area contributed by atoms with Crippen LogP contribution >= 0.6 is 0 Å². The highest BCUT2D eigenvalue weighted by atomic mass is 19.2. The standard InChI is InChI=1S/C20H19F3N4O3/c21-14-3-1-2-12(10-14)19(29)26-8-9-27(18(26)17(28)25-7-6-24)20(30)13-4-5-15(22)16(23)11-13/h1-5,10-11,18H,6-9,24H2,(H,25,28). The molecule has 7 nitrogen and oxygen atoms in total. The molecular formula is C20H19F3N4O3. The van der Waals surface area contributed by atoms with E-state index >= 15 is 0 Å². The third kappa shape index (κ3) is 4.28. The van der Waals surface area contributed by atoms with Crippen LogP contribution in [-0.4, -0.2) is 59.9 Å². The van der Waals surface area contributed by atoms with Gasteiger partial charge in [0.05, 0.1) is 0 Å². The van der Waals surface area contributed by atoms with E-state index in [0.29, 0.717) is 0 Å². The lowest BCUT2D eigenvalue weighted by Crippen LogP contribution is -2.54. The van der Waals surface area contributed by atoms with E-state index in [1.54, 1.807) is 0 Å². The van der Waals surface area contributed by atoms with Crippen molar-refractivity contribution in [2.24, 2.45) is 5.73 Å². The number of nitrogens with two attached hydrogens (primary N) is 1. The molecule has 2 aromatic carbocycles. The number of halogens is 3. The average molecular weight is 420 g/mol. The first-order chi connectivity index (χ1) is 14.3. The van der Waals surface area contributed by atoms with Crippen molar-refractivity contribution in [3.05, 3.63) is 71.0 Å². The molecule has 1 unspecified atom stereocenters. The summed E-state index contributed by atoms with van der Waals surface area (Å²) in [5, 5.41) is 2.52. The minimum Gasteiger partial charge on any atom is -0.351 e. The summed E-state index contributed by atoms with van der Waals surface area (Å²) in [5.74, 6) is -5.03. The second-order valence-electron chi connectivity index (χ2n) is 6.59. The van der Waals surface area contributed by atoms with E-state index in [0.717, 1.165) is 34.1 Å². The van der Waals surface area contributed by atoms with Crippen LogP contribution in [0.1, 0.15) is 20.7 Å². The number of nitrogens with one attached hydrogen (secondary N) is 1. The fourth-order valence-electron chi connectivity index (χ4n) is 3.21. The van der Waals surface area contributed by atoms with Gasteiger partial charge in [0.15, 0.2) is 17.8 Å². The molecule has 158 valence electrons. The lowest BCUT2D eigenvalue weighted by Gasteiger charge is -2.29. The maximum absolute atomic E-state index is 13.6. The van der Waals surface area contributed by atoms with Crippen molar-refractivity contribution < 1.29 is 27.6 Å². The highest BCUT2D eigenvalue weighted by Gasteiger charge is 2.43. The van der Waals surface area contributed by atoms with Gasteiger partial charge in [-0.1, -0.05) is 6.07 Å². The van der Waals surface area contributed by atoms with E-state index in [-0.39, 0.29) is 37.3 Å².